The van der Waals surface area contributed by atoms with Gasteiger partial charge in [0, 0.05) is 87.0 Å². The van der Waals surface area contributed by atoms with Crippen molar-refractivity contribution in [3.8, 4) is 0 Å². The minimum absolute atomic E-state index is 0. The summed E-state index contributed by atoms with van der Waals surface area (Å²) in [5.74, 6) is -2.28. The van der Waals surface area contributed by atoms with Crippen LogP contribution >= 0.6 is 0 Å². The molecule has 2 aromatic heterocycles. The number of carbonyl (C=O) groups is 2. The van der Waals surface area contributed by atoms with E-state index in [4.69, 9.17) is 0 Å². The maximum absolute atomic E-state index is 10.4. The van der Waals surface area contributed by atoms with Gasteiger partial charge in [-0.1, -0.05) is 84.9 Å². The Labute approximate surface area is 347 Å². The van der Waals surface area contributed by atoms with E-state index in [0.717, 1.165) is 33.2 Å². The molecule has 7 rings (SSSR count). The summed E-state index contributed by atoms with van der Waals surface area (Å²) in [7, 11) is 7.59. The first-order valence-electron chi connectivity index (χ1n) is 16.7. The number of para-hydroxylation sites is 2. The molecule has 294 valence electrons. The number of nitrogens with zero attached hydrogens (tertiary/aromatic N) is 6. The van der Waals surface area contributed by atoms with Crippen molar-refractivity contribution in [2.24, 2.45) is 0 Å². The van der Waals surface area contributed by atoms with E-state index in [-0.39, 0.29) is 47.5 Å². The average molecular weight is 839 g/mol. The average Bonchev–Trinajstić information content (AvgIpc) is 3.22. The van der Waals surface area contributed by atoms with Crippen LogP contribution in [0.15, 0.2) is 158 Å². The van der Waals surface area contributed by atoms with Gasteiger partial charge < -0.3 is 35.1 Å². The van der Waals surface area contributed by atoms with Crippen molar-refractivity contribution in [2.45, 2.75) is 0 Å². The first-order valence-corrected chi connectivity index (χ1v) is 16.7. The molecule has 0 radical (unpaired) electrons. The Kier molecular flexibility index (Phi) is 21.1. The third kappa shape index (κ3) is 15.9. The van der Waals surface area contributed by atoms with Crippen LogP contribution in [0.3, 0.4) is 0 Å². The summed E-state index contributed by atoms with van der Waals surface area (Å²) in [6, 6.07) is 41.1. The molecule has 3 N–H and O–H groups in total. The van der Waals surface area contributed by atoms with E-state index < -0.39 is 21.8 Å². The van der Waals surface area contributed by atoms with Gasteiger partial charge in [0.2, 0.25) is 0 Å². The second-order valence-corrected chi connectivity index (χ2v) is 11.9. The quantitative estimate of drug-likeness (QED) is 0.0685. The van der Waals surface area contributed by atoms with Crippen LogP contribution in [-0.4, -0.2) is 59.9 Å². The summed E-state index contributed by atoms with van der Waals surface area (Å²) in [5, 5.41) is 43.0. The molecule has 0 atom stereocenters. The topological polar surface area (TPSA) is 232 Å². The molecule has 0 fully saturated rings. The van der Waals surface area contributed by atoms with Gasteiger partial charge in [-0.15, -0.1) is 0 Å². The number of carboxylic acid groups (broad SMARTS) is 2. The Morgan fingerprint density at radius 3 is 1.03 bits per heavy atom. The fraction of sp³-hybridized carbons (Fsp3) is 0.0952. The smallest absolute Gasteiger partial charge is 0.545 e. The number of aromatic nitrogens is 2. The molecular weight excluding hydrogens is 798 g/mol. The second-order valence-electron chi connectivity index (χ2n) is 11.9. The zero-order valence-electron chi connectivity index (χ0n) is 32.2. The van der Waals surface area contributed by atoms with Crippen LogP contribution in [0.5, 0.6) is 0 Å². The normalized spacial score (nSPS) is 9.31. The molecule has 0 spiro atoms. The van der Waals surface area contributed by atoms with Crippen LogP contribution < -0.4 is 20.0 Å². The first kappa shape index (κ1) is 48.9. The van der Waals surface area contributed by atoms with Gasteiger partial charge in [-0.05, 0) is 47.5 Å². The van der Waals surface area contributed by atoms with E-state index in [1.54, 1.807) is 73.1 Å². The second kappa shape index (κ2) is 25.1. The van der Waals surface area contributed by atoms with Crippen molar-refractivity contribution in [1.29, 1.82) is 0 Å². The van der Waals surface area contributed by atoms with E-state index in [1.165, 1.54) is 48.5 Å². The fourth-order valence-electron chi connectivity index (χ4n) is 4.57. The molecule has 16 heteroatoms. The molecule has 2 heterocycles. The third-order valence-electron chi connectivity index (χ3n) is 7.52. The van der Waals surface area contributed by atoms with Crippen molar-refractivity contribution in [1.82, 2.24) is 9.97 Å². The number of fused-ring (bicyclic) bond motifs is 3. The molecule has 0 aliphatic rings. The molecule has 58 heavy (non-hydrogen) atoms. The standard InChI is InChI=1S/C12H8N2.2C9H11NO2.2C6H5NO2.H2O.Zn/c1-3-9-5-6-10-4-2-8-14-12(10)11(9)13-7-1;2*1-10(2)8-5-3-7(4-6-8)9(11)12;2*8-7(9)6-4-2-1-3-5-6;;/h1-8H;2*3-6H,1-2H3,(H,11,12);2*1-5H;1H2;/q;;;;;;+2/p-1. The van der Waals surface area contributed by atoms with E-state index in [2.05, 4.69) is 34.2 Å². The summed E-state index contributed by atoms with van der Waals surface area (Å²) in [6.07, 6.45) is 3.60. The molecule has 0 bridgehead atoms. The van der Waals surface area contributed by atoms with Gasteiger partial charge in [-0.25, -0.2) is 0 Å². The van der Waals surface area contributed by atoms with Gasteiger partial charge in [0.1, 0.15) is 0 Å². The van der Waals surface area contributed by atoms with Crippen LogP contribution in [0.1, 0.15) is 20.7 Å². The van der Waals surface area contributed by atoms with Gasteiger partial charge in [0.25, 0.3) is 11.4 Å². The number of rotatable bonds is 6. The van der Waals surface area contributed by atoms with Crippen LogP contribution in [-0.2, 0) is 25.0 Å². The predicted octanol–water partition coefficient (Wildman–Crippen LogP) is 5.28. The minimum atomic E-state index is -1.14. The Bertz CT molecular complexity index is 2170. The molecule has 0 saturated carbocycles. The van der Waals surface area contributed by atoms with Crippen LogP contribution in [0, 0.1) is 20.2 Å². The number of non-ortho nitro benzene ring substituents is 2. The van der Waals surface area contributed by atoms with Crippen molar-refractivity contribution in [2.75, 3.05) is 38.0 Å². The van der Waals surface area contributed by atoms with Gasteiger partial charge in [-0.2, -0.15) is 0 Å². The molecule has 0 amide bonds. The predicted molar refractivity (Wildman–Crippen MR) is 218 cm³/mol. The third-order valence-corrected chi connectivity index (χ3v) is 7.52. The van der Waals surface area contributed by atoms with Gasteiger partial charge in [0.15, 0.2) is 0 Å². The summed E-state index contributed by atoms with van der Waals surface area (Å²) < 4.78 is 0. The van der Waals surface area contributed by atoms with Crippen LogP contribution in [0.25, 0.3) is 21.8 Å². The zero-order valence-corrected chi connectivity index (χ0v) is 35.2. The van der Waals surface area contributed by atoms with Gasteiger partial charge in [0.05, 0.1) is 32.8 Å². The van der Waals surface area contributed by atoms with Crippen molar-refractivity contribution in [3.05, 3.63) is 189 Å². The molecular formula is C42H41N6O9Zn+. The van der Waals surface area contributed by atoms with E-state index >= 15 is 0 Å². The Morgan fingerprint density at radius 1 is 0.483 bits per heavy atom. The van der Waals surface area contributed by atoms with Crippen LogP contribution in [0.4, 0.5) is 22.7 Å². The largest absolute Gasteiger partial charge is 2.00 e. The molecule has 0 aliphatic heterocycles. The maximum atomic E-state index is 10.4. The molecule has 0 aliphatic carbocycles. The fourth-order valence-corrected chi connectivity index (χ4v) is 4.57. The van der Waals surface area contributed by atoms with E-state index in [1.807, 2.05) is 50.1 Å². The SMILES string of the molecule is CN(C)c1ccc(C(=O)[O-])cc1.CN(C)c1ccc(C(=O)[O-])cc1.O=[N+]([O-])c1ccccc1.O=[N+]([O-])c1ccccc1.[OH3+].[Zn+2].c1cnc2c(c1)ccc1cccnc12. The molecule has 7 aromatic rings. The Hall–Kier alpha value is -7.16. The number of carbonyl (C=O) groups excluding carboxylic acids is 2. The molecule has 0 saturated heterocycles. The summed E-state index contributed by atoms with van der Waals surface area (Å²) in [4.78, 5) is 52.4. The maximum Gasteiger partial charge on any atom is 2.00 e. The van der Waals surface area contributed by atoms with Crippen molar-refractivity contribution >= 4 is 56.5 Å². The van der Waals surface area contributed by atoms with E-state index in [9.17, 15) is 40.0 Å². The zero-order chi connectivity index (χ0) is 41.0. The van der Waals surface area contributed by atoms with E-state index in [0.29, 0.717) is 0 Å². The van der Waals surface area contributed by atoms with Crippen molar-refractivity contribution in [3.63, 3.8) is 0 Å². The number of pyridine rings is 2. The minimum Gasteiger partial charge on any atom is -0.545 e. The first-order chi connectivity index (χ1) is 26.8. The summed E-state index contributed by atoms with van der Waals surface area (Å²) in [5.41, 5.74) is 4.59. The number of nitro benzene ring substituents is 2. The number of aromatic carboxylic acids is 2. The number of hydrogen-bond donors (Lipinski definition) is 0. The number of benzene rings is 5. The number of anilines is 2. The molecule has 15 nitrogen and oxygen atoms in total. The summed E-state index contributed by atoms with van der Waals surface area (Å²) in [6.45, 7) is 0. The van der Waals surface area contributed by atoms with Gasteiger partial charge >= 0.3 is 19.5 Å². The Balaban J connectivity index is 0.000000363. The number of nitro groups is 2. The Morgan fingerprint density at radius 2 is 0.793 bits per heavy atom. The van der Waals surface area contributed by atoms with Gasteiger partial charge in [-0.3, -0.25) is 30.2 Å². The monoisotopic (exact) mass is 837 g/mol. The van der Waals surface area contributed by atoms with Crippen LogP contribution in [0.2, 0.25) is 0 Å². The number of hydrogen-bond acceptors (Lipinski definition) is 12. The summed E-state index contributed by atoms with van der Waals surface area (Å²) >= 11 is 0. The molecule has 5 aromatic carbocycles. The van der Waals surface area contributed by atoms with Crippen molar-refractivity contribution < 1.29 is 54.6 Å². The molecule has 0 unspecified atom stereocenters. The number of carboxylic acids is 2.